The van der Waals surface area contributed by atoms with Gasteiger partial charge in [0.15, 0.2) is 0 Å². The van der Waals surface area contributed by atoms with Crippen molar-refractivity contribution in [1.82, 2.24) is 15.1 Å². The van der Waals surface area contributed by atoms with Gasteiger partial charge in [0.05, 0.1) is 0 Å². The van der Waals surface area contributed by atoms with E-state index in [0.717, 1.165) is 24.6 Å². The first kappa shape index (κ1) is 10.7. The summed E-state index contributed by atoms with van der Waals surface area (Å²) >= 11 is 15.9. The highest BCUT2D eigenvalue weighted by Gasteiger charge is 2.42. The van der Waals surface area contributed by atoms with Gasteiger partial charge < -0.3 is 0 Å². The van der Waals surface area contributed by atoms with Gasteiger partial charge in [-0.2, -0.15) is 4.42 Å². The fourth-order valence-corrected chi connectivity index (χ4v) is 4.17. The average molecular weight is 260 g/mol. The SMILES string of the molecule is ClN(C1NCCS1)C1(Cl)NCCS1. The fraction of sp³-hybridized carbons (Fsp3) is 1.00. The minimum absolute atomic E-state index is 0.122. The number of alkyl halides is 1. The summed E-state index contributed by atoms with van der Waals surface area (Å²) in [5.41, 5.74) is 0.122. The normalized spacial score (nSPS) is 40.4. The van der Waals surface area contributed by atoms with Crippen molar-refractivity contribution >= 4 is 46.9 Å². The Balaban J connectivity index is 1.97. The Labute approximate surface area is 96.4 Å². The summed E-state index contributed by atoms with van der Waals surface area (Å²) in [5, 5.41) is 6.46. The van der Waals surface area contributed by atoms with Gasteiger partial charge in [0.2, 0.25) is 4.45 Å². The molecule has 2 saturated heterocycles. The van der Waals surface area contributed by atoms with Crippen LogP contribution < -0.4 is 10.6 Å². The molecule has 2 aliphatic rings. The van der Waals surface area contributed by atoms with E-state index >= 15 is 0 Å². The van der Waals surface area contributed by atoms with Gasteiger partial charge in [0.1, 0.15) is 5.50 Å². The second-order valence-electron chi connectivity index (χ2n) is 2.83. The number of nitrogens with one attached hydrogen (secondary N) is 2. The molecule has 2 unspecified atom stereocenters. The molecule has 0 aromatic heterocycles. The Hall–Kier alpha value is 1.16. The quantitative estimate of drug-likeness (QED) is 0.443. The van der Waals surface area contributed by atoms with E-state index in [0.29, 0.717) is 0 Å². The zero-order chi connectivity index (χ0) is 9.31. The summed E-state index contributed by atoms with van der Waals surface area (Å²) in [6, 6.07) is 0. The van der Waals surface area contributed by atoms with Crippen molar-refractivity contribution in [3.63, 3.8) is 0 Å². The highest BCUT2D eigenvalue weighted by atomic mass is 35.5. The van der Waals surface area contributed by atoms with Crippen LogP contribution in [0.25, 0.3) is 0 Å². The average Bonchev–Trinajstić information content (AvgIpc) is 2.73. The van der Waals surface area contributed by atoms with Gasteiger partial charge in [-0.25, -0.2) is 0 Å². The molecule has 0 aliphatic carbocycles. The molecule has 0 bridgehead atoms. The molecule has 76 valence electrons. The van der Waals surface area contributed by atoms with E-state index in [4.69, 9.17) is 23.4 Å². The maximum absolute atomic E-state index is 6.29. The van der Waals surface area contributed by atoms with Crippen molar-refractivity contribution in [2.24, 2.45) is 0 Å². The molecule has 2 rings (SSSR count). The molecular formula is C6H11Cl2N3S2. The van der Waals surface area contributed by atoms with Crippen LogP contribution >= 0.6 is 46.9 Å². The predicted octanol–water partition coefficient (Wildman–Crippen LogP) is 1.25. The van der Waals surface area contributed by atoms with Crippen LogP contribution in [0.5, 0.6) is 0 Å². The van der Waals surface area contributed by atoms with Crippen molar-refractivity contribution in [3.05, 3.63) is 0 Å². The van der Waals surface area contributed by atoms with Gasteiger partial charge in [0.25, 0.3) is 0 Å². The van der Waals surface area contributed by atoms with Crippen LogP contribution in [0.3, 0.4) is 0 Å². The summed E-state index contributed by atoms with van der Waals surface area (Å²) in [4.78, 5) is 0. The van der Waals surface area contributed by atoms with E-state index in [-0.39, 0.29) is 5.50 Å². The molecular weight excluding hydrogens is 249 g/mol. The molecule has 7 heteroatoms. The van der Waals surface area contributed by atoms with Crippen LogP contribution in [-0.2, 0) is 0 Å². The first-order valence-electron chi connectivity index (χ1n) is 4.10. The second-order valence-corrected chi connectivity index (χ2v) is 6.44. The van der Waals surface area contributed by atoms with E-state index < -0.39 is 4.45 Å². The Bertz CT molecular complexity index is 183. The molecule has 2 heterocycles. The van der Waals surface area contributed by atoms with Crippen LogP contribution in [0.15, 0.2) is 0 Å². The lowest BCUT2D eigenvalue weighted by Crippen LogP contribution is -2.50. The van der Waals surface area contributed by atoms with Gasteiger partial charge in [-0.05, 0) is 11.8 Å². The molecule has 0 spiro atoms. The maximum atomic E-state index is 6.29. The molecule has 0 saturated carbocycles. The summed E-state index contributed by atoms with van der Waals surface area (Å²) in [6.45, 7) is 1.91. The van der Waals surface area contributed by atoms with Crippen molar-refractivity contribution in [3.8, 4) is 0 Å². The molecule has 2 aliphatic heterocycles. The highest BCUT2D eigenvalue weighted by Crippen LogP contribution is 2.40. The van der Waals surface area contributed by atoms with Crippen LogP contribution in [0.4, 0.5) is 0 Å². The monoisotopic (exact) mass is 259 g/mol. The standard InChI is InChI=1S/C6H11Cl2N3S2/c7-6(10-2-4-13-6)11(8)5-9-1-3-12-5/h5,9-10H,1-4H2. The third-order valence-electron chi connectivity index (χ3n) is 1.92. The molecule has 2 fully saturated rings. The van der Waals surface area contributed by atoms with E-state index in [2.05, 4.69) is 10.6 Å². The van der Waals surface area contributed by atoms with E-state index in [1.807, 2.05) is 0 Å². The molecule has 0 aromatic carbocycles. The molecule has 2 N–H and O–H groups in total. The van der Waals surface area contributed by atoms with Crippen LogP contribution in [0, 0.1) is 0 Å². The van der Waals surface area contributed by atoms with Crippen LogP contribution in [0.2, 0.25) is 0 Å². The van der Waals surface area contributed by atoms with Crippen molar-refractivity contribution in [2.75, 3.05) is 24.6 Å². The van der Waals surface area contributed by atoms with E-state index in [1.54, 1.807) is 27.9 Å². The topological polar surface area (TPSA) is 27.3 Å². The van der Waals surface area contributed by atoms with Crippen LogP contribution in [0.1, 0.15) is 0 Å². The molecule has 13 heavy (non-hydrogen) atoms. The molecule has 3 nitrogen and oxygen atoms in total. The molecule has 2 atom stereocenters. The summed E-state index contributed by atoms with van der Waals surface area (Å²) in [7, 11) is 0. The fourth-order valence-electron chi connectivity index (χ4n) is 1.29. The van der Waals surface area contributed by atoms with Gasteiger partial charge >= 0.3 is 0 Å². The minimum atomic E-state index is -0.628. The molecule has 0 aromatic rings. The zero-order valence-electron chi connectivity index (χ0n) is 6.93. The van der Waals surface area contributed by atoms with Crippen molar-refractivity contribution < 1.29 is 0 Å². The second kappa shape index (κ2) is 4.35. The smallest absolute Gasteiger partial charge is 0.213 e. The maximum Gasteiger partial charge on any atom is 0.213 e. The minimum Gasteiger partial charge on any atom is -0.291 e. The first-order chi connectivity index (χ1) is 6.22. The van der Waals surface area contributed by atoms with Gasteiger partial charge in [-0.15, -0.1) is 23.5 Å². The van der Waals surface area contributed by atoms with Crippen molar-refractivity contribution in [2.45, 2.75) is 9.95 Å². The van der Waals surface area contributed by atoms with Gasteiger partial charge in [-0.1, -0.05) is 11.6 Å². The lowest BCUT2D eigenvalue weighted by molar-refractivity contribution is 0.313. The van der Waals surface area contributed by atoms with Gasteiger partial charge in [-0.3, -0.25) is 10.6 Å². The highest BCUT2D eigenvalue weighted by molar-refractivity contribution is 8.02. The largest absolute Gasteiger partial charge is 0.291 e. The van der Waals surface area contributed by atoms with Gasteiger partial charge in [0, 0.05) is 24.6 Å². The zero-order valence-corrected chi connectivity index (χ0v) is 10.1. The Morgan fingerprint density at radius 1 is 1.38 bits per heavy atom. The molecule has 0 radical (unpaired) electrons. The summed E-state index contributed by atoms with van der Waals surface area (Å²) in [6.07, 6.45) is 0. The summed E-state index contributed by atoms with van der Waals surface area (Å²) < 4.78 is 1.01. The lowest BCUT2D eigenvalue weighted by atomic mass is 10.7. The molecule has 0 amide bonds. The lowest BCUT2D eigenvalue weighted by Gasteiger charge is -2.32. The predicted molar refractivity (Wildman–Crippen MR) is 61.0 cm³/mol. The first-order valence-corrected chi connectivity index (χ1v) is 6.85. The number of rotatable bonds is 2. The number of hydrogen-bond donors (Lipinski definition) is 2. The third-order valence-corrected chi connectivity index (χ3v) is 5.57. The summed E-state index contributed by atoms with van der Waals surface area (Å²) in [5.74, 6) is 2.09. The van der Waals surface area contributed by atoms with E-state index in [1.165, 1.54) is 0 Å². The van der Waals surface area contributed by atoms with Crippen LogP contribution in [-0.4, -0.2) is 39.0 Å². The number of thioether (sulfide) groups is 2. The number of hydrogen-bond acceptors (Lipinski definition) is 5. The number of halogens is 2. The van der Waals surface area contributed by atoms with E-state index in [9.17, 15) is 0 Å². The number of nitrogens with zero attached hydrogens (tertiary/aromatic N) is 1. The van der Waals surface area contributed by atoms with Crippen molar-refractivity contribution in [1.29, 1.82) is 0 Å². The third kappa shape index (κ3) is 2.22. The Kier molecular flexibility index (Phi) is 3.57. The Morgan fingerprint density at radius 2 is 2.23 bits per heavy atom. The Morgan fingerprint density at radius 3 is 2.77 bits per heavy atom.